The number of nitrogens with one attached hydrogen (secondary N) is 1. The molecule has 0 aliphatic heterocycles. The summed E-state index contributed by atoms with van der Waals surface area (Å²) >= 11 is 0. The van der Waals surface area contributed by atoms with Gasteiger partial charge in [-0.05, 0) is 5.56 Å². The number of hydrogen-bond donors (Lipinski definition) is 3. The van der Waals surface area contributed by atoms with E-state index in [0.717, 1.165) is 6.20 Å². The molecule has 0 atom stereocenters. The molecule has 0 aliphatic carbocycles. The lowest BCUT2D eigenvalue weighted by Crippen LogP contribution is -2.20. The number of hydrogen-bond acceptors (Lipinski definition) is 4. The van der Waals surface area contributed by atoms with Gasteiger partial charge in [0.1, 0.15) is 5.56 Å². The normalized spacial score (nSPS) is 11.0. The van der Waals surface area contributed by atoms with E-state index in [1.54, 1.807) is 12.1 Å². The predicted molar refractivity (Wildman–Crippen MR) is 74.1 cm³/mol. The number of carbonyl (C=O) groups is 1. The van der Waals surface area contributed by atoms with Crippen LogP contribution in [0.2, 0.25) is 0 Å². The van der Waals surface area contributed by atoms with Crippen LogP contribution in [0.15, 0.2) is 35.3 Å². The lowest BCUT2D eigenvalue weighted by atomic mass is 10.1. The summed E-state index contributed by atoms with van der Waals surface area (Å²) in [6.07, 6.45) is 0.980. The number of aliphatic hydroxyl groups excluding tert-OH is 1. The van der Waals surface area contributed by atoms with E-state index in [9.17, 15) is 14.0 Å². The summed E-state index contributed by atoms with van der Waals surface area (Å²) in [5, 5.41) is 21.6. The third-order valence-electron chi connectivity index (χ3n) is 3.27. The number of rotatable bonds is 3. The van der Waals surface area contributed by atoms with Crippen molar-refractivity contribution in [1.29, 1.82) is 0 Å². The van der Waals surface area contributed by atoms with Crippen molar-refractivity contribution in [3.05, 3.63) is 57.8 Å². The molecule has 22 heavy (non-hydrogen) atoms. The van der Waals surface area contributed by atoms with E-state index >= 15 is 0 Å². The fourth-order valence-electron chi connectivity index (χ4n) is 2.13. The first-order chi connectivity index (χ1) is 10.5. The predicted octanol–water partition coefficient (Wildman–Crippen LogP) is 1.02. The molecule has 0 fully saturated rings. The molecule has 8 heteroatoms. The van der Waals surface area contributed by atoms with E-state index in [4.69, 9.17) is 10.2 Å². The van der Waals surface area contributed by atoms with Gasteiger partial charge in [-0.25, -0.2) is 4.79 Å². The van der Waals surface area contributed by atoms with Gasteiger partial charge in [-0.1, -0.05) is 24.3 Å². The van der Waals surface area contributed by atoms with E-state index in [0.29, 0.717) is 15.6 Å². The second kappa shape index (κ2) is 5.08. The zero-order valence-electron chi connectivity index (χ0n) is 11.1. The smallest absolute Gasteiger partial charge is 0.341 e. The molecule has 2 heterocycles. The number of carboxylic acids is 1. The van der Waals surface area contributed by atoms with Crippen LogP contribution in [-0.4, -0.2) is 30.8 Å². The summed E-state index contributed by atoms with van der Waals surface area (Å²) < 4.78 is 14.9. The minimum atomic E-state index is -1.28. The fourth-order valence-corrected chi connectivity index (χ4v) is 2.13. The van der Waals surface area contributed by atoms with Crippen LogP contribution < -0.4 is 5.56 Å². The van der Waals surface area contributed by atoms with Crippen LogP contribution in [0.1, 0.15) is 15.9 Å². The Morgan fingerprint density at radius 2 is 2.00 bits per heavy atom. The minimum absolute atomic E-state index is 0.0971. The molecule has 0 aliphatic rings. The minimum Gasteiger partial charge on any atom is -0.477 e. The van der Waals surface area contributed by atoms with Gasteiger partial charge >= 0.3 is 11.5 Å². The first kappa shape index (κ1) is 14.0. The Morgan fingerprint density at radius 3 is 2.59 bits per heavy atom. The van der Waals surface area contributed by atoms with Crippen LogP contribution in [0.25, 0.3) is 16.9 Å². The number of aromatic amines is 1. The SMILES string of the molecule is O=C(O)c1cnn2c(=O)c(F)c(-c3ccc(CO)cc3)[nH]c12. The van der Waals surface area contributed by atoms with Crippen molar-refractivity contribution in [3.63, 3.8) is 0 Å². The van der Waals surface area contributed by atoms with Gasteiger partial charge in [0.15, 0.2) is 5.65 Å². The number of H-pyrrole nitrogens is 1. The average Bonchev–Trinajstić information content (AvgIpc) is 2.95. The Balaban J connectivity index is 2.28. The molecule has 0 saturated carbocycles. The Morgan fingerprint density at radius 1 is 1.32 bits per heavy atom. The van der Waals surface area contributed by atoms with Gasteiger partial charge in [0, 0.05) is 5.56 Å². The highest BCUT2D eigenvalue weighted by Crippen LogP contribution is 2.21. The third-order valence-corrected chi connectivity index (χ3v) is 3.27. The molecule has 0 bridgehead atoms. The van der Waals surface area contributed by atoms with Crippen molar-refractivity contribution in [2.75, 3.05) is 0 Å². The molecule has 112 valence electrons. The molecule has 3 aromatic rings. The first-order valence-corrected chi connectivity index (χ1v) is 6.26. The van der Waals surface area contributed by atoms with Crippen molar-refractivity contribution in [2.45, 2.75) is 6.61 Å². The summed E-state index contributed by atoms with van der Waals surface area (Å²) in [7, 11) is 0. The molecule has 0 spiro atoms. The van der Waals surface area contributed by atoms with Gasteiger partial charge in [-0.3, -0.25) is 4.79 Å². The number of aromatic carboxylic acids is 1. The molecular formula is C14H10FN3O4. The van der Waals surface area contributed by atoms with Crippen molar-refractivity contribution in [3.8, 4) is 11.3 Å². The second-order valence-electron chi connectivity index (χ2n) is 4.60. The first-order valence-electron chi connectivity index (χ1n) is 6.26. The highest BCUT2D eigenvalue weighted by atomic mass is 19.1. The van der Waals surface area contributed by atoms with Crippen LogP contribution >= 0.6 is 0 Å². The van der Waals surface area contributed by atoms with Crippen molar-refractivity contribution >= 4 is 11.6 Å². The monoisotopic (exact) mass is 303 g/mol. The Labute approximate surface area is 122 Å². The quantitative estimate of drug-likeness (QED) is 0.669. The van der Waals surface area contributed by atoms with Gasteiger partial charge in [0.05, 0.1) is 18.5 Å². The number of fused-ring (bicyclic) bond motifs is 1. The number of halogens is 1. The highest BCUT2D eigenvalue weighted by molar-refractivity contribution is 5.94. The number of nitrogens with zero attached hydrogens (tertiary/aromatic N) is 2. The van der Waals surface area contributed by atoms with Crippen LogP contribution in [0.3, 0.4) is 0 Å². The summed E-state index contributed by atoms with van der Waals surface area (Å²) in [5.41, 5.74) is -0.520. The van der Waals surface area contributed by atoms with E-state index in [1.807, 2.05) is 0 Å². The van der Waals surface area contributed by atoms with Gasteiger partial charge in [0.2, 0.25) is 5.82 Å². The molecule has 0 radical (unpaired) electrons. The van der Waals surface area contributed by atoms with Gasteiger partial charge in [-0.15, -0.1) is 0 Å². The molecule has 1 aromatic carbocycles. The van der Waals surface area contributed by atoms with Crippen LogP contribution in [-0.2, 0) is 6.61 Å². The van der Waals surface area contributed by atoms with E-state index < -0.39 is 17.3 Å². The maximum Gasteiger partial charge on any atom is 0.341 e. The summed E-state index contributed by atoms with van der Waals surface area (Å²) in [5.74, 6) is -2.34. The molecule has 7 nitrogen and oxygen atoms in total. The van der Waals surface area contributed by atoms with Gasteiger partial charge < -0.3 is 15.2 Å². The zero-order chi connectivity index (χ0) is 15.9. The molecular weight excluding hydrogens is 293 g/mol. The second-order valence-corrected chi connectivity index (χ2v) is 4.60. The maximum absolute atomic E-state index is 14.2. The Hall–Kier alpha value is -3.00. The Bertz CT molecular complexity index is 928. The number of aliphatic hydroxyl groups is 1. The summed E-state index contributed by atoms with van der Waals surface area (Å²) in [6.45, 7) is -0.163. The van der Waals surface area contributed by atoms with Crippen molar-refractivity contribution in [1.82, 2.24) is 14.6 Å². The molecule has 0 saturated heterocycles. The zero-order valence-corrected chi connectivity index (χ0v) is 11.1. The average molecular weight is 303 g/mol. The van der Waals surface area contributed by atoms with E-state index in [2.05, 4.69) is 10.1 Å². The lowest BCUT2D eigenvalue weighted by molar-refractivity contribution is 0.0698. The van der Waals surface area contributed by atoms with Gasteiger partial charge in [0.25, 0.3) is 0 Å². The third kappa shape index (κ3) is 2.06. The molecule has 2 aromatic heterocycles. The Kier molecular flexibility index (Phi) is 3.22. The maximum atomic E-state index is 14.2. The van der Waals surface area contributed by atoms with Crippen LogP contribution in [0.4, 0.5) is 4.39 Å². The van der Waals surface area contributed by atoms with Crippen molar-refractivity contribution < 1.29 is 19.4 Å². The van der Waals surface area contributed by atoms with E-state index in [1.165, 1.54) is 12.1 Å². The fraction of sp³-hybridized carbons (Fsp3) is 0.0714. The largest absolute Gasteiger partial charge is 0.477 e. The number of aromatic nitrogens is 3. The lowest BCUT2D eigenvalue weighted by Gasteiger charge is -2.06. The summed E-state index contributed by atoms with van der Waals surface area (Å²) in [4.78, 5) is 25.7. The molecule has 0 unspecified atom stereocenters. The number of carboxylic acid groups (broad SMARTS) is 1. The van der Waals surface area contributed by atoms with Crippen molar-refractivity contribution in [2.24, 2.45) is 0 Å². The molecule has 3 rings (SSSR count). The van der Waals surface area contributed by atoms with Gasteiger partial charge in [-0.2, -0.15) is 14.0 Å². The van der Waals surface area contributed by atoms with Crippen LogP contribution in [0, 0.1) is 5.82 Å². The van der Waals surface area contributed by atoms with E-state index in [-0.39, 0.29) is 23.5 Å². The highest BCUT2D eigenvalue weighted by Gasteiger charge is 2.19. The standard InChI is InChI=1S/C14H10FN3O4/c15-10-11(8-3-1-7(6-19)2-4-8)17-12-9(14(21)22)5-16-18(12)13(10)20/h1-5,17,19H,6H2,(H,21,22). The number of benzene rings is 1. The van der Waals surface area contributed by atoms with Crippen LogP contribution in [0.5, 0.6) is 0 Å². The molecule has 0 amide bonds. The summed E-state index contributed by atoms with van der Waals surface area (Å²) in [6, 6.07) is 6.19. The molecule has 3 N–H and O–H groups in total. The topological polar surface area (TPSA) is 108 Å².